The molecular formula is C8H11NO. The van der Waals surface area contributed by atoms with E-state index in [1.165, 1.54) is 0 Å². The molecule has 3 N–H and O–H groups in total. The zero-order valence-corrected chi connectivity index (χ0v) is 5.91. The Morgan fingerprint density at radius 1 is 1.40 bits per heavy atom. The first-order valence-corrected chi connectivity index (χ1v) is 3.24. The maximum atomic E-state index is 9.12. The van der Waals surface area contributed by atoms with Gasteiger partial charge in [-0.25, -0.2) is 0 Å². The number of aliphatic hydroxyl groups is 1. The maximum absolute atomic E-state index is 9.12. The zero-order valence-electron chi connectivity index (χ0n) is 5.91. The summed E-state index contributed by atoms with van der Waals surface area (Å²) in [4.78, 5) is 0. The molecule has 0 spiro atoms. The van der Waals surface area contributed by atoms with Gasteiger partial charge in [0.1, 0.15) is 0 Å². The second-order valence-electron chi connectivity index (χ2n) is 2.30. The van der Waals surface area contributed by atoms with Crippen LogP contribution in [0.25, 0.3) is 0 Å². The number of rotatable bonds is 1. The molecule has 54 valence electrons. The fourth-order valence-electron chi connectivity index (χ4n) is 0.891. The molecule has 1 aromatic rings. The molecule has 0 amide bonds. The molecule has 2 nitrogen and oxygen atoms in total. The number of nitrogen functional groups attached to an aromatic ring is 1. The molecule has 1 aromatic carbocycles. The molecule has 0 aliphatic rings. The van der Waals surface area contributed by atoms with Crippen LogP contribution in [0.3, 0.4) is 0 Å². The first kappa shape index (κ1) is 7.09. The smallest absolute Gasteiger partial charge is 0.0781 e. The van der Waals surface area contributed by atoms with Gasteiger partial charge in [0.05, 0.1) is 6.10 Å². The summed E-state index contributed by atoms with van der Waals surface area (Å²) < 4.78 is 0. The Bertz CT molecular complexity index is 220. The Hall–Kier alpha value is -1.02. The van der Waals surface area contributed by atoms with Crippen molar-refractivity contribution >= 4 is 5.69 Å². The molecule has 1 atom stereocenters. The number of benzene rings is 1. The van der Waals surface area contributed by atoms with Gasteiger partial charge < -0.3 is 10.8 Å². The third-order valence-electron chi connectivity index (χ3n) is 1.45. The zero-order chi connectivity index (χ0) is 7.56. The summed E-state index contributed by atoms with van der Waals surface area (Å²) >= 11 is 0. The van der Waals surface area contributed by atoms with E-state index in [-0.39, 0.29) is 0 Å². The molecule has 0 heterocycles. The van der Waals surface area contributed by atoms with Crippen LogP contribution in [0, 0.1) is 0 Å². The summed E-state index contributed by atoms with van der Waals surface area (Å²) in [5.41, 5.74) is 7.01. The third-order valence-corrected chi connectivity index (χ3v) is 1.45. The normalized spacial score (nSPS) is 13.0. The average molecular weight is 137 g/mol. The van der Waals surface area contributed by atoms with Crippen LogP contribution in [0.5, 0.6) is 0 Å². The fourth-order valence-corrected chi connectivity index (χ4v) is 0.891. The highest BCUT2D eigenvalue weighted by molar-refractivity contribution is 5.47. The summed E-state index contributed by atoms with van der Waals surface area (Å²) in [7, 11) is 0. The predicted molar refractivity (Wildman–Crippen MR) is 41.5 cm³/mol. The minimum absolute atomic E-state index is 0.471. The molecule has 0 radical (unpaired) electrons. The minimum atomic E-state index is -0.471. The molecule has 10 heavy (non-hydrogen) atoms. The van der Waals surface area contributed by atoms with Gasteiger partial charge in [-0.1, -0.05) is 18.2 Å². The third kappa shape index (κ3) is 1.28. The van der Waals surface area contributed by atoms with E-state index in [1.54, 1.807) is 13.0 Å². The highest BCUT2D eigenvalue weighted by atomic mass is 16.3. The van der Waals surface area contributed by atoms with Crippen molar-refractivity contribution in [2.24, 2.45) is 0 Å². The van der Waals surface area contributed by atoms with E-state index in [4.69, 9.17) is 10.8 Å². The SMILES string of the molecule is CC(O)c1ccccc1N. The van der Waals surface area contributed by atoms with Crippen molar-refractivity contribution in [3.8, 4) is 0 Å². The maximum Gasteiger partial charge on any atom is 0.0781 e. The Morgan fingerprint density at radius 2 is 2.00 bits per heavy atom. The highest BCUT2D eigenvalue weighted by Gasteiger charge is 2.01. The van der Waals surface area contributed by atoms with E-state index in [2.05, 4.69) is 0 Å². The van der Waals surface area contributed by atoms with E-state index in [0.29, 0.717) is 5.69 Å². The molecule has 0 aliphatic carbocycles. The van der Waals surface area contributed by atoms with E-state index >= 15 is 0 Å². The van der Waals surface area contributed by atoms with Gasteiger partial charge in [-0.15, -0.1) is 0 Å². The van der Waals surface area contributed by atoms with Crippen LogP contribution in [0.2, 0.25) is 0 Å². The fraction of sp³-hybridized carbons (Fsp3) is 0.250. The van der Waals surface area contributed by atoms with Gasteiger partial charge in [-0.05, 0) is 13.0 Å². The first-order chi connectivity index (χ1) is 4.72. The Balaban J connectivity index is 3.03. The lowest BCUT2D eigenvalue weighted by Crippen LogP contribution is -1.96. The summed E-state index contributed by atoms with van der Waals surface area (Å²) in [5.74, 6) is 0. The quantitative estimate of drug-likeness (QED) is 0.573. The van der Waals surface area contributed by atoms with E-state index in [1.807, 2.05) is 18.2 Å². The summed E-state index contributed by atoms with van der Waals surface area (Å²) in [5, 5.41) is 9.12. The van der Waals surface area contributed by atoms with Crippen molar-refractivity contribution in [2.75, 3.05) is 5.73 Å². The summed E-state index contributed by atoms with van der Waals surface area (Å²) in [6.45, 7) is 1.70. The second kappa shape index (κ2) is 2.71. The molecule has 0 fully saturated rings. The monoisotopic (exact) mass is 137 g/mol. The van der Waals surface area contributed by atoms with E-state index in [0.717, 1.165) is 5.56 Å². The van der Waals surface area contributed by atoms with Crippen LogP contribution in [0.4, 0.5) is 5.69 Å². The van der Waals surface area contributed by atoms with Crippen molar-refractivity contribution in [2.45, 2.75) is 13.0 Å². The Morgan fingerprint density at radius 3 is 2.40 bits per heavy atom. The van der Waals surface area contributed by atoms with Gasteiger partial charge in [-0.2, -0.15) is 0 Å². The molecular weight excluding hydrogens is 126 g/mol. The Labute approximate surface area is 60.3 Å². The van der Waals surface area contributed by atoms with Crippen molar-refractivity contribution in [3.63, 3.8) is 0 Å². The average Bonchev–Trinajstić information content (AvgIpc) is 1.88. The molecule has 1 unspecified atom stereocenters. The predicted octanol–water partition coefficient (Wildman–Crippen LogP) is 1.32. The van der Waals surface area contributed by atoms with Crippen molar-refractivity contribution in [1.29, 1.82) is 0 Å². The minimum Gasteiger partial charge on any atom is -0.398 e. The van der Waals surface area contributed by atoms with Crippen LogP contribution in [0.15, 0.2) is 24.3 Å². The lowest BCUT2D eigenvalue weighted by Gasteiger charge is -2.06. The van der Waals surface area contributed by atoms with E-state index in [9.17, 15) is 0 Å². The van der Waals surface area contributed by atoms with Gasteiger partial charge in [-0.3, -0.25) is 0 Å². The van der Waals surface area contributed by atoms with Gasteiger partial charge >= 0.3 is 0 Å². The van der Waals surface area contributed by atoms with Crippen molar-refractivity contribution in [3.05, 3.63) is 29.8 Å². The van der Waals surface area contributed by atoms with Crippen LogP contribution < -0.4 is 5.73 Å². The Kier molecular flexibility index (Phi) is 1.92. The second-order valence-corrected chi connectivity index (χ2v) is 2.30. The molecule has 0 aliphatic heterocycles. The first-order valence-electron chi connectivity index (χ1n) is 3.24. The van der Waals surface area contributed by atoms with Crippen LogP contribution in [-0.2, 0) is 0 Å². The standard InChI is InChI=1S/C8H11NO/c1-6(10)7-4-2-3-5-8(7)9/h2-6,10H,9H2,1H3. The van der Waals surface area contributed by atoms with Crippen LogP contribution >= 0.6 is 0 Å². The lowest BCUT2D eigenvalue weighted by molar-refractivity contribution is 0.200. The number of anilines is 1. The topological polar surface area (TPSA) is 46.2 Å². The molecule has 0 aromatic heterocycles. The summed E-state index contributed by atoms with van der Waals surface area (Å²) in [6.07, 6.45) is -0.471. The van der Waals surface area contributed by atoms with Gasteiger partial charge in [0.2, 0.25) is 0 Å². The molecule has 0 saturated carbocycles. The number of hydrogen-bond donors (Lipinski definition) is 2. The van der Waals surface area contributed by atoms with Gasteiger partial charge in [0.25, 0.3) is 0 Å². The van der Waals surface area contributed by atoms with Gasteiger partial charge in [0.15, 0.2) is 0 Å². The van der Waals surface area contributed by atoms with Crippen molar-refractivity contribution in [1.82, 2.24) is 0 Å². The van der Waals surface area contributed by atoms with E-state index < -0.39 is 6.10 Å². The summed E-state index contributed by atoms with van der Waals surface area (Å²) in [6, 6.07) is 7.31. The number of aliphatic hydroxyl groups excluding tert-OH is 1. The number of para-hydroxylation sites is 1. The number of hydrogen-bond acceptors (Lipinski definition) is 2. The van der Waals surface area contributed by atoms with Crippen molar-refractivity contribution < 1.29 is 5.11 Å². The molecule has 2 heteroatoms. The molecule has 0 bridgehead atoms. The highest BCUT2D eigenvalue weighted by Crippen LogP contribution is 2.18. The molecule has 1 rings (SSSR count). The van der Waals surface area contributed by atoms with Gasteiger partial charge in [0, 0.05) is 11.3 Å². The lowest BCUT2D eigenvalue weighted by atomic mass is 10.1. The van der Waals surface area contributed by atoms with Crippen LogP contribution in [-0.4, -0.2) is 5.11 Å². The van der Waals surface area contributed by atoms with Crippen LogP contribution in [0.1, 0.15) is 18.6 Å². The number of nitrogens with two attached hydrogens (primary N) is 1. The molecule has 0 saturated heterocycles. The largest absolute Gasteiger partial charge is 0.398 e.